The van der Waals surface area contributed by atoms with Crippen LogP contribution in [0.4, 0.5) is 13.2 Å². The monoisotopic (exact) mass is 349 g/mol. The maximum atomic E-state index is 12.5. The zero-order valence-electron chi connectivity index (χ0n) is 12.4. The number of halogens is 3. The lowest BCUT2D eigenvalue weighted by atomic mass is 10.1. The molecule has 0 aromatic heterocycles. The maximum absolute atomic E-state index is 12.5. The SMILES string of the molecule is O=C(CCC(F)(F)F)N1CCC(S(=O)(=O)c2ccccc2)CC1. The van der Waals surface area contributed by atoms with Crippen LogP contribution in [0.15, 0.2) is 35.2 Å². The summed E-state index contributed by atoms with van der Waals surface area (Å²) in [5.74, 6) is -0.571. The maximum Gasteiger partial charge on any atom is 0.389 e. The molecule has 0 saturated carbocycles. The van der Waals surface area contributed by atoms with Crippen LogP contribution in [-0.2, 0) is 14.6 Å². The normalized spacial score (nSPS) is 17.3. The van der Waals surface area contributed by atoms with Crippen LogP contribution in [0.25, 0.3) is 0 Å². The molecule has 0 N–H and O–H groups in total. The summed E-state index contributed by atoms with van der Waals surface area (Å²) in [5, 5.41) is -0.600. The Morgan fingerprint density at radius 2 is 1.70 bits per heavy atom. The molecule has 1 aromatic carbocycles. The van der Waals surface area contributed by atoms with Crippen molar-refractivity contribution in [3.8, 4) is 0 Å². The van der Waals surface area contributed by atoms with Crippen molar-refractivity contribution in [1.29, 1.82) is 0 Å². The molecule has 1 saturated heterocycles. The molecule has 23 heavy (non-hydrogen) atoms. The van der Waals surface area contributed by atoms with E-state index < -0.39 is 40.0 Å². The van der Waals surface area contributed by atoms with E-state index in [0.29, 0.717) is 0 Å². The van der Waals surface area contributed by atoms with Crippen molar-refractivity contribution in [2.75, 3.05) is 13.1 Å². The van der Waals surface area contributed by atoms with E-state index in [2.05, 4.69) is 0 Å². The highest BCUT2D eigenvalue weighted by Crippen LogP contribution is 2.26. The van der Waals surface area contributed by atoms with Gasteiger partial charge in [-0.15, -0.1) is 0 Å². The summed E-state index contributed by atoms with van der Waals surface area (Å²) in [7, 11) is -3.46. The third kappa shape index (κ3) is 4.70. The van der Waals surface area contributed by atoms with Gasteiger partial charge in [0.1, 0.15) is 0 Å². The smallest absolute Gasteiger partial charge is 0.343 e. The van der Waals surface area contributed by atoms with Crippen LogP contribution in [0, 0.1) is 0 Å². The number of hydrogen-bond donors (Lipinski definition) is 0. The fourth-order valence-electron chi connectivity index (χ4n) is 2.62. The van der Waals surface area contributed by atoms with E-state index in [0.717, 1.165) is 0 Å². The molecular formula is C15H18F3NO3S. The molecule has 0 radical (unpaired) electrons. The number of benzene rings is 1. The summed E-state index contributed by atoms with van der Waals surface area (Å²) in [5.41, 5.74) is 0. The van der Waals surface area contributed by atoms with Gasteiger partial charge in [-0.3, -0.25) is 4.79 Å². The lowest BCUT2D eigenvalue weighted by Gasteiger charge is -2.32. The summed E-state index contributed by atoms with van der Waals surface area (Å²) < 4.78 is 61.4. The summed E-state index contributed by atoms with van der Waals surface area (Å²) in [6, 6.07) is 8.05. The number of piperidine rings is 1. The first-order valence-electron chi connectivity index (χ1n) is 7.33. The Hall–Kier alpha value is -1.57. The summed E-state index contributed by atoms with van der Waals surface area (Å²) in [6.45, 7) is 0.348. The predicted molar refractivity (Wildman–Crippen MR) is 78.5 cm³/mol. The Bertz CT molecular complexity index is 636. The number of amides is 1. The molecule has 1 aromatic rings. The van der Waals surface area contributed by atoms with Gasteiger partial charge in [0.25, 0.3) is 0 Å². The zero-order chi connectivity index (χ0) is 17.1. The Kier molecular flexibility index (Phi) is 5.33. The molecule has 0 bridgehead atoms. The van der Waals surface area contributed by atoms with Crippen LogP contribution in [-0.4, -0.2) is 43.7 Å². The van der Waals surface area contributed by atoms with Gasteiger partial charge in [0.15, 0.2) is 9.84 Å². The average Bonchev–Trinajstić information content (AvgIpc) is 2.53. The number of rotatable bonds is 4. The Morgan fingerprint density at radius 1 is 1.13 bits per heavy atom. The molecule has 1 amide bonds. The molecule has 0 aliphatic carbocycles. The Morgan fingerprint density at radius 3 is 2.22 bits per heavy atom. The molecule has 1 aliphatic heterocycles. The molecule has 0 atom stereocenters. The van der Waals surface area contributed by atoms with Crippen LogP contribution in [0.2, 0.25) is 0 Å². The highest BCUT2D eigenvalue weighted by atomic mass is 32.2. The van der Waals surface area contributed by atoms with Crippen molar-refractivity contribution in [3.05, 3.63) is 30.3 Å². The van der Waals surface area contributed by atoms with Crippen LogP contribution in [0.5, 0.6) is 0 Å². The highest BCUT2D eigenvalue weighted by molar-refractivity contribution is 7.92. The molecular weight excluding hydrogens is 331 g/mol. The quantitative estimate of drug-likeness (QED) is 0.840. The topological polar surface area (TPSA) is 54.5 Å². The van der Waals surface area contributed by atoms with Crippen molar-refractivity contribution in [2.45, 2.75) is 42.0 Å². The van der Waals surface area contributed by atoms with Gasteiger partial charge >= 0.3 is 6.18 Å². The third-order valence-corrected chi connectivity index (χ3v) is 6.21. The second-order valence-electron chi connectivity index (χ2n) is 5.55. The number of carbonyl (C=O) groups is 1. The van der Waals surface area contributed by atoms with Crippen molar-refractivity contribution >= 4 is 15.7 Å². The van der Waals surface area contributed by atoms with Gasteiger partial charge in [-0.25, -0.2) is 8.42 Å². The van der Waals surface area contributed by atoms with Gasteiger partial charge < -0.3 is 4.90 Å². The van der Waals surface area contributed by atoms with Crippen LogP contribution < -0.4 is 0 Å². The van der Waals surface area contributed by atoms with Gasteiger partial charge in [0.05, 0.1) is 16.6 Å². The van der Waals surface area contributed by atoms with E-state index in [1.54, 1.807) is 18.2 Å². The van der Waals surface area contributed by atoms with Gasteiger partial charge in [-0.05, 0) is 25.0 Å². The van der Waals surface area contributed by atoms with Gasteiger partial charge in [-0.2, -0.15) is 13.2 Å². The molecule has 128 valence electrons. The van der Waals surface area contributed by atoms with Gasteiger partial charge in [0, 0.05) is 19.5 Å². The van der Waals surface area contributed by atoms with Crippen LogP contribution in [0.3, 0.4) is 0 Å². The lowest BCUT2D eigenvalue weighted by Crippen LogP contribution is -2.42. The van der Waals surface area contributed by atoms with Crippen molar-refractivity contribution < 1.29 is 26.4 Å². The zero-order valence-corrected chi connectivity index (χ0v) is 13.2. The van der Waals surface area contributed by atoms with Crippen molar-refractivity contribution in [1.82, 2.24) is 4.90 Å². The molecule has 1 aliphatic rings. The van der Waals surface area contributed by atoms with E-state index in [-0.39, 0.29) is 30.8 Å². The summed E-state index contributed by atoms with van der Waals surface area (Å²) in [4.78, 5) is 13.3. The minimum atomic E-state index is -4.36. The minimum Gasteiger partial charge on any atom is -0.343 e. The highest BCUT2D eigenvalue weighted by Gasteiger charge is 2.34. The number of likely N-dealkylation sites (tertiary alicyclic amines) is 1. The first-order chi connectivity index (χ1) is 10.7. The molecule has 4 nitrogen and oxygen atoms in total. The average molecular weight is 349 g/mol. The van der Waals surface area contributed by atoms with Gasteiger partial charge in [0.2, 0.25) is 5.91 Å². The van der Waals surface area contributed by atoms with E-state index >= 15 is 0 Å². The number of alkyl halides is 3. The molecule has 1 fully saturated rings. The fraction of sp³-hybridized carbons (Fsp3) is 0.533. The third-order valence-electron chi connectivity index (χ3n) is 3.93. The number of nitrogens with zero attached hydrogens (tertiary/aromatic N) is 1. The second kappa shape index (κ2) is 6.90. The van der Waals surface area contributed by atoms with Gasteiger partial charge in [-0.1, -0.05) is 18.2 Å². The second-order valence-corrected chi connectivity index (χ2v) is 7.78. The standard InChI is InChI=1S/C15H18F3NO3S/c16-15(17,18)9-6-14(20)19-10-7-13(8-11-19)23(21,22)12-4-2-1-3-5-12/h1-5,13H,6-11H2. The Balaban J connectivity index is 1.92. The summed E-state index contributed by atoms with van der Waals surface area (Å²) >= 11 is 0. The van der Waals surface area contributed by atoms with Crippen LogP contribution in [0.1, 0.15) is 25.7 Å². The van der Waals surface area contributed by atoms with Crippen molar-refractivity contribution in [2.24, 2.45) is 0 Å². The molecule has 0 unspecified atom stereocenters. The van der Waals surface area contributed by atoms with E-state index in [1.807, 2.05) is 0 Å². The van der Waals surface area contributed by atoms with E-state index in [1.165, 1.54) is 17.0 Å². The largest absolute Gasteiger partial charge is 0.389 e. The van der Waals surface area contributed by atoms with E-state index in [4.69, 9.17) is 0 Å². The number of hydrogen-bond acceptors (Lipinski definition) is 3. The van der Waals surface area contributed by atoms with Crippen molar-refractivity contribution in [3.63, 3.8) is 0 Å². The summed E-state index contributed by atoms with van der Waals surface area (Å²) in [6.07, 6.45) is -5.59. The van der Waals surface area contributed by atoms with Crippen LogP contribution >= 0.6 is 0 Å². The Labute approximate surface area is 133 Å². The minimum absolute atomic E-state index is 0.174. The fourth-order valence-corrected chi connectivity index (χ4v) is 4.38. The van der Waals surface area contributed by atoms with E-state index in [9.17, 15) is 26.4 Å². The number of carbonyl (C=O) groups excluding carboxylic acids is 1. The predicted octanol–water partition coefficient (Wildman–Crippen LogP) is 2.79. The lowest BCUT2D eigenvalue weighted by molar-refractivity contribution is -0.149. The first-order valence-corrected chi connectivity index (χ1v) is 8.88. The molecule has 1 heterocycles. The molecule has 0 spiro atoms. The number of sulfone groups is 1. The first kappa shape index (κ1) is 17.8. The molecule has 8 heteroatoms. The molecule has 2 rings (SSSR count).